The van der Waals surface area contributed by atoms with E-state index in [1.165, 1.54) is 6.33 Å². The lowest BCUT2D eigenvalue weighted by Gasteiger charge is -2.33. The molecule has 1 saturated heterocycles. The Morgan fingerprint density at radius 2 is 1.87 bits per heavy atom. The summed E-state index contributed by atoms with van der Waals surface area (Å²) in [4.78, 5) is 12.6. The Morgan fingerprint density at radius 3 is 2.47 bits per heavy atom. The minimum absolute atomic E-state index is 0. The standard InChI is InChI=1S/C9H13ClN4.ClH/c1-13-2-4-14(5-3-13)9-6-8(10)11-7-12-9;/h6-7H,2-5H2,1H3;1H. The normalized spacial score (nSPS) is 17.3. The fraction of sp³-hybridized carbons (Fsp3) is 0.556. The number of hydrogen-bond acceptors (Lipinski definition) is 4. The first-order chi connectivity index (χ1) is 6.75. The summed E-state index contributed by atoms with van der Waals surface area (Å²) in [6, 6.07) is 1.81. The van der Waals surface area contributed by atoms with Crippen molar-refractivity contribution in [2.24, 2.45) is 0 Å². The minimum atomic E-state index is 0. The summed E-state index contributed by atoms with van der Waals surface area (Å²) in [5.74, 6) is 0.929. The van der Waals surface area contributed by atoms with Gasteiger partial charge in [-0.05, 0) is 7.05 Å². The molecule has 1 fully saturated rings. The summed E-state index contributed by atoms with van der Waals surface area (Å²) < 4.78 is 0. The maximum Gasteiger partial charge on any atom is 0.134 e. The quantitative estimate of drug-likeness (QED) is 0.702. The lowest BCUT2D eigenvalue weighted by atomic mass is 10.3. The number of likely N-dealkylation sites (N-methyl/N-ethyl adjacent to an activating group) is 1. The second-order valence-electron chi connectivity index (χ2n) is 3.49. The van der Waals surface area contributed by atoms with Gasteiger partial charge in [-0.3, -0.25) is 0 Å². The second kappa shape index (κ2) is 5.49. The van der Waals surface area contributed by atoms with Crippen LogP contribution in [0.5, 0.6) is 0 Å². The minimum Gasteiger partial charge on any atom is -0.354 e. The molecule has 15 heavy (non-hydrogen) atoms. The Bertz CT molecular complexity index is 313. The predicted octanol–water partition coefficient (Wildman–Crippen LogP) is 1.30. The maximum absolute atomic E-state index is 5.80. The van der Waals surface area contributed by atoms with Gasteiger partial charge in [0.05, 0.1) is 0 Å². The molecule has 1 aromatic heterocycles. The van der Waals surface area contributed by atoms with E-state index < -0.39 is 0 Å². The van der Waals surface area contributed by atoms with Gasteiger partial charge in [-0.2, -0.15) is 0 Å². The molecular weight excluding hydrogens is 235 g/mol. The van der Waals surface area contributed by atoms with Gasteiger partial charge in [-0.15, -0.1) is 12.4 Å². The van der Waals surface area contributed by atoms with Gasteiger partial charge in [-0.25, -0.2) is 9.97 Å². The average Bonchev–Trinajstić information content (AvgIpc) is 2.19. The van der Waals surface area contributed by atoms with E-state index in [2.05, 4.69) is 26.8 Å². The molecule has 1 aromatic rings. The van der Waals surface area contributed by atoms with Gasteiger partial charge in [0.1, 0.15) is 17.3 Å². The highest BCUT2D eigenvalue weighted by atomic mass is 35.5. The van der Waals surface area contributed by atoms with Gasteiger partial charge in [0.15, 0.2) is 0 Å². The van der Waals surface area contributed by atoms with Gasteiger partial charge < -0.3 is 9.80 Å². The number of halogens is 2. The Balaban J connectivity index is 0.00000112. The van der Waals surface area contributed by atoms with Crippen molar-refractivity contribution in [3.63, 3.8) is 0 Å². The summed E-state index contributed by atoms with van der Waals surface area (Å²) in [5.41, 5.74) is 0. The number of anilines is 1. The molecule has 0 radical (unpaired) electrons. The monoisotopic (exact) mass is 248 g/mol. The smallest absolute Gasteiger partial charge is 0.134 e. The summed E-state index contributed by atoms with van der Waals surface area (Å²) in [6.07, 6.45) is 1.51. The number of hydrogen-bond donors (Lipinski definition) is 0. The van der Waals surface area contributed by atoms with Crippen molar-refractivity contribution < 1.29 is 0 Å². The molecule has 2 heterocycles. The van der Waals surface area contributed by atoms with Crippen LogP contribution in [-0.2, 0) is 0 Å². The fourth-order valence-corrected chi connectivity index (χ4v) is 1.67. The number of rotatable bonds is 1. The zero-order valence-electron chi connectivity index (χ0n) is 8.56. The number of nitrogens with zero attached hydrogens (tertiary/aromatic N) is 4. The zero-order chi connectivity index (χ0) is 9.97. The Hall–Kier alpha value is -0.580. The van der Waals surface area contributed by atoms with Crippen LogP contribution in [0.25, 0.3) is 0 Å². The SMILES string of the molecule is CN1CCN(c2cc(Cl)ncn2)CC1.Cl. The van der Waals surface area contributed by atoms with Crippen LogP contribution in [0.4, 0.5) is 5.82 Å². The Labute approximate surface area is 101 Å². The summed E-state index contributed by atoms with van der Waals surface area (Å²) in [7, 11) is 2.13. The second-order valence-corrected chi connectivity index (χ2v) is 3.88. The molecule has 84 valence electrons. The largest absolute Gasteiger partial charge is 0.354 e. The van der Waals surface area contributed by atoms with Crippen LogP contribution in [0.1, 0.15) is 0 Å². The molecule has 1 aliphatic rings. The zero-order valence-corrected chi connectivity index (χ0v) is 10.1. The first-order valence-electron chi connectivity index (χ1n) is 4.67. The molecule has 0 amide bonds. The molecule has 2 rings (SSSR count). The number of piperazine rings is 1. The van der Waals surface area contributed by atoms with E-state index in [1.807, 2.05) is 6.07 Å². The average molecular weight is 249 g/mol. The molecular formula is C9H14Cl2N4. The fourth-order valence-electron chi connectivity index (χ4n) is 1.53. The van der Waals surface area contributed by atoms with Crippen LogP contribution >= 0.6 is 24.0 Å². The third-order valence-corrected chi connectivity index (χ3v) is 2.65. The molecule has 0 aliphatic carbocycles. The maximum atomic E-state index is 5.80. The number of aromatic nitrogens is 2. The van der Waals surface area contributed by atoms with E-state index >= 15 is 0 Å². The molecule has 4 nitrogen and oxygen atoms in total. The lowest BCUT2D eigenvalue weighted by molar-refractivity contribution is 0.312. The highest BCUT2D eigenvalue weighted by Gasteiger charge is 2.15. The first-order valence-corrected chi connectivity index (χ1v) is 5.04. The molecule has 1 aliphatic heterocycles. The molecule has 0 unspecified atom stereocenters. The van der Waals surface area contributed by atoms with Crippen molar-refractivity contribution in [2.45, 2.75) is 0 Å². The van der Waals surface area contributed by atoms with Crippen molar-refractivity contribution >= 4 is 29.8 Å². The van der Waals surface area contributed by atoms with Gasteiger partial charge in [0.2, 0.25) is 0 Å². The molecule has 0 N–H and O–H groups in total. The molecule has 0 aromatic carbocycles. The lowest BCUT2D eigenvalue weighted by Crippen LogP contribution is -2.44. The Kier molecular flexibility index (Phi) is 4.57. The highest BCUT2D eigenvalue weighted by Crippen LogP contribution is 2.15. The van der Waals surface area contributed by atoms with Gasteiger partial charge >= 0.3 is 0 Å². The van der Waals surface area contributed by atoms with Crippen molar-refractivity contribution in [1.82, 2.24) is 14.9 Å². The molecule has 6 heteroatoms. The van der Waals surface area contributed by atoms with Gasteiger partial charge in [-0.1, -0.05) is 11.6 Å². The third kappa shape index (κ3) is 3.19. The van der Waals surface area contributed by atoms with E-state index in [0.29, 0.717) is 5.15 Å². The molecule has 0 spiro atoms. The van der Waals surface area contributed by atoms with Crippen molar-refractivity contribution in [1.29, 1.82) is 0 Å². The van der Waals surface area contributed by atoms with Crippen LogP contribution in [0, 0.1) is 0 Å². The Morgan fingerprint density at radius 1 is 1.20 bits per heavy atom. The van der Waals surface area contributed by atoms with E-state index in [-0.39, 0.29) is 12.4 Å². The predicted molar refractivity (Wildman–Crippen MR) is 64.0 cm³/mol. The van der Waals surface area contributed by atoms with Crippen LogP contribution in [-0.4, -0.2) is 48.1 Å². The highest BCUT2D eigenvalue weighted by molar-refractivity contribution is 6.29. The molecule has 0 bridgehead atoms. The van der Waals surface area contributed by atoms with E-state index in [1.54, 1.807) is 0 Å². The van der Waals surface area contributed by atoms with Crippen LogP contribution in [0.2, 0.25) is 5.15 Å². The molecule has 0 saturated carbocycles. The van der Waals surface area contributed by atoms with Crippen LogP contribution in [0.15, 0.2) is 12.4 Å². The first kappa shape index (κ1) is 12.5. The van der Waals surface area contributed by atoms with Crippen molar-refractivity contribution in [3.8, 4) is 0 Å². The van der Waals surface area contributed by atoms with E-state index in [4.69, 9.17) is 11.6 Å². The van der Waals surface area contributed by atoms with Crippen LogP contribution < -0.4 is 4.90 Å². The summed E-state index contributed by atoms with van der Waals surface area (Å²) in [5, 5.41) is 0.508. The van der Waals surface area contributed by atoms with Gasteiger partial charge in [0.25, 0.3) is 0 Å². The third-order valence-electron chi connectivity index (χ3n) is 2.45. The molecule has 0 atom stereocenters. The van der Waals surface area contributed by atoms with E-state index in [9.17, 15) is 0 Å². The van der Waals surface area contributed by atoms with Gasteiger partial charge in [0, 0.05) is 32.2 Å². The van der Waals surface area contributed by atoms with Crippen molar-refractivity contribution in [3.05, 3.63) is 17.5 Å². The topological polar surface area (TPSA) is 32.3 Å². The van der Waals surface area contributed by atoms with Crippen molar-refractivity contribution in [2.75, 3.05) is 38.1 Å². The summed E-state index contributed by atoms with van der Waals surface area (Å²) in [6.45, 7) is 4.15. The summed E-state index contributed by atoms with van der Waals surface area (Å²) >= 11 is 5.80. The van der Waals surface area contributed by atoms with Crippen LogP contribution in [0.3, 0.4) is 0 Å². The van der Waals surface area contributed by atoms with E-state index in [0.717, 1.165) is 32.0 Å².